The first-order valence-corrected chi connectivity index (χ1v) is 7.14. The van der Waals surface area contributed by atoms with Crippen LogP contribution in [0.5, 0.6) is 0 Å². The van der Waals surface area contributed by atoms with Gasteiger partial charge in [-0.05, 0) is 49.8 Å². The van der Waals surface area contributed by atoms with Gasteiger partial charge in [0.1, 0.15) is 0 Å². The lowest BCUT2D eigenvalue weighted by molar-refractivity contribution is 0.330. The molecule has 4 heteroatoms. The van der Waals surface area contributed by atoms with Crippen molar-refractivity contribution in [1.29, 1.82) is 0 Å². The number of H-pyrrole nitrogens is 1. The summed E-state index contributed by atoms with van der Waals surface area (Å²) in [6.45, 7) is 2.28. The molecule has 19 heavy (non-hydrogen) atoms. The maximum absolute atomic E-state index is 11.1. The molecule has 1 heterocycles. The fourth-order valence-electron chi connectivity index (χ4n) is 2.99. The first-order valence-electron chi connectivity index (χ1n) is 7.14. The normalized spacial score (nSPS) is 23.6. The number of aromatic amines is 1. The largest absolute Gasteiger partial charge is 0.417 e. The fourth-order valence-corrected chi connectivity index (χ4v) is 2.99. The first-order chi connectivity index (χ1) is 9.24. The zero-order valence-corrected chi connectivity index (χ0v) is 11.2. The molecule has 1 fully saturated rings. The van der Waals surface area contributed by atoms with E-state index >= 15 is 0 Å². The number of fused-ring (bicyclic) bond motifs is 1. The molecule has 1 aromatic carbocycles. The third-order valence-corrected chi connectivity index (χ3v) is 4.21. The Bertz CT molecular complexity index is 606. The van der Waals surface area contributed by atoms with Crippen LogP contribution in [0.3, 0.4) is 0 Å². The maximum atomic E-state index is 11.1. The number of hydrogen-bond acceptors (Lipinski definition) is 3. The van der Waals surface area contributed by atoms with Crippen molar-refractivity contribution in [2.24, 2.45) is 5.92 Å². The molecule has 1 aliphatic rings. The summed E-state index contributed by atoms with van der Waals surface area (Å²) in [6.07, 6.45) is 6.41. The summed E-state index contributed by atoms with van der Waals surface area (Å²) in [5.74, 6) is 0.515. The highest BCUT2D eigenvalue weighted by molar-refractivity contribution is 5.76. The number of anilines is 1. The minimum Gasteiger partial charge on any atom is -0.408 e. The Kier molecular flexibility index (Phi) is 3.32. The van der Waals surface area contributed by atoms with Crippen molar-refractivity contribution in [3.05, 3.63) is 28.7 Å². The van der Waals surface area contributed by atoms with Gasteiger partial charge in [-0.3, -0.25) is 4.98 Å². The zero-order chi connectivity index (χ0) is 13.2. The molecule has 0 spiro atoms. The lowest BCUT2D eigenvalue weighted by atomic mass is 9.84. The SMILES string of the molecule is CCC1CCC(Nc2ccc3oc(=O)[nH]c3c2)CC1. The van der Waals surface area contributed by atoms with Crippen molar-refractivity contribution in [3.8, 4) is 0 Å². The minimum absolute atomic E-state index is 0.393. The Morgan fingerprint density at radius 2 is 2.11 bits per heavy atom. The van der Waals surface area contributed by atoms with Crippen LogP contribution < -0.4 is 11.1 Å². The molecule has 0 unspecified atom stereocenters. The van der Waals surface area contributed by atoms with Gasteiger partial charge in [0.05, 0.1) is 5.52 Å². The van der Waals surface area contributed by atoms with Crippen LogP contribution in [0.25, 0.3) is 11.1 Å². The van der Waals surface area contributed by atoms with Gasteiger partial charge in [-0.25, -0.2) is 4.79 Å². The van der Waals surface area contributed by atoms with E-state index < -0.39 is 5.76 Å². The zero-order valence-electron chi connectivity index (χ0n) is 11.2. The second kappa shape index (κ2) is 5.11. The Labute approximate surface area is 112 Å². The van der Waals surface area contributed by atoms with Crippen molar-refractivity contribution >= 4 is 16.8 Å². The number of aromatic nitrogens is 1. The van der Waals surface area contributed by atoms with Crippen LogP contribution in [0, 0.1) is 5.92 Å². The second-order valence-corrected chi connectivity index (χ2v) is 5.50. The lowest BCUT2D eigenvalue weighted by Gasteiger charge is -2.29. The number of benzene rings is 1. The second-order valence-electron chi connectivity index (χ2n) is 5.50. The topological polar surface area (TPSA) is 58.0 Å². The van der Waals surface area contributed by atoms with Gasteiger partial charge in [0.2, 0.25) is 0 Å². The van der Waals surface area contributed by atoms with E-state index in [0.29, 0.717) is 11.6 Å². The van der Waals surface area contributed by atoms with Crippen LogP contribution in [0.15, 0.2) is 27.4 Å². The van der Waals surface area contributed by atoms with Gasteiger partial charge in [0, 0.05) is 11.7 Å². The molecule has 0 atom stereocenters. The molecule has 2 N–H and O–H groups in total. The van der Waals surface area contributed by atoms with E-state index in [1.54, 1.807) is 0 Å². The molecule has 0 saturated heterocycles. The predicted molar refractivity (Wildman–Crippen MR) is 76.5 cm³/mol. The molecular weight excluding hydrogens is 240 g/mol. The molecule has 0 aliphatic heterocycles. The predicted octanol–water partition coefficient (Wildman–Crippen LogP) is 3.50. The standard InChI is InChI=1S/C15H20N2O2/c1-2-10-3-5-11(6-4-10)16-12-7-8-14-13(9-12)17-15(18)19-14/h7-11,16H,2-6H2,1H3,(H,17,18). The Hall–Kier alpha value is -1.71. The average molecular weight is 260 g/mol. The van der Waals surface area contributed by atoms with Crippen molar-refractivity contribution in [1.82, 2.24) is 4.98 Å². The van der Waals surface area contributed by atoms with E-state index in [2.05, 4.69) is 17.2 Å². The molecule has 4 nitrogen and oxygen atoms in total. The molecule has 0 radical (unpaired) electrons. The van der Waals surface area contributed by atoms with E-state index in [4.69, 9.17) is 4.42 Å². The minimum atomic E-state index is -0.393. The summed E-state index contributed by atoms with van der Waals surface area (Å²) in [5, 5.41) is 3.56. The molecule has 0 amide bonds. The van der Waals surface area contributed by atoms with Crippen LogP contribution in [-0.2, 0) is 0 Å². The maximum Gasteiger partial charge on any atom is 0.417 e. The van der Waals surface area contributed by atoms with Crippen LogP contribution in [-0.4, -0.2) is 11.0 Å². The highest BCUT2D eigenvalue weighted by Gasteiger charge is 2.19. The van der Waals surface area contributed by atoms with Crippen molar-refractivity contribution < 1.29 is 4.42 Å². The van der Waals surface area contributed by atoms with Crippen molar-refractivity contribution in [3.63, 3.8) is 0 Å². The van der Waals surface area contributed by atoms with Crippen molar-refractivity contribution in [2.45, 2.75) is 45.1 Å². The lowest BCUT2D eigenvalue weighted by Crippen LogP contribution is -2.25. The highest BCUT2D eigenvalue weighted by atomic mass is 16.4. The van der Waals surface area contributed by atoms with E-state index in [1.165, 1.54) is 32.1 Å². The van der Waals surface area contributed by atoms with Crippen LogP contribution >= 0.6 is 0 Å². The van der Waals surface area contributed by atoms with Crippen molar-refractivity contribution in [2.75, 3.05) is 5.32 Å². The summed E-state index contributed by atoms with van der Waals surface area (Å²) in [7, 11) is 0. The molecule has 1 aromatic heterocycles. The van der Waals surface area contributed by atoms with Gasteiger partial charge in [-0.2, -0.15) is 0 Å². The van der Waals surface area contributed by atoms with E-state index in [-0.39, 0.29) is 0 Å². The van der Waals surface area contributed by atoms with E-state index in [0.717, 1.165) is 17.1 Å². The molecule has 1 saturated carbocycles. The summed E-state index contributed by atoms with van der Waals surface area (Å²) in [4.78, 5) is 13.8. The van der Waals surface area contributed by atoms with Crippen LogP contribution in [0.2, 0.25) is 0 Å². The summed E-state index contributed by atoms with van der Waals surface area (Å²) < 4.78 is 5.00. The average Bonchev–Trinajstić information content (AvgIpc) is 2.79. The van der Waals surface area contributed by atoms with Crippen LogP contribution in [0.1, 0.15) is 39.0 Å². The third kappa shape index (κ3) is 2.67. The number of rotatable bonds is 3. The van der Waals surface area contributed by atoms with Gasteiger partial charge in [-0.15, -0.1) is 0 Å². The number of oxazole rings is 1. The Morgan fingerprint density at radius 3 is 2.84 bits per heavy atom. The quantitative estimate of drug-likeness (QED) is 0.888. The van der Waals surface area contributed by atoms with Gasteiger partial charge >= 0.3 is 5.76 Å². The summed E-state index contributed by atoms with van der Waals surface area (Å²) in [6, 6.07) is 6.32. The molecular formula is C15H20N2O2. The smallest absolute Gasteiger partial charge is 0.408 e. The number of hydrogen-bond donors (Lipinski definition) is 2. The van der Waals surface area contributed by atoms with E-state index in [9.17, 15) is 4.79 Å². The highest BCUT2D eigenvalue weighted by Crippen LogP contribution is 2.28. The molecule has 2 aromatic rings. The van der Waals surface area contributed by atoms with Gasteiger partial charge in [0.15, 0.2) is 5.58 Å². The van der Waals surface area contributed by atoms with Crippen LogP contribution in [0.4, 0.5) is 5.69 Å². The Balaban J connectivity index is 1.69. The van der Waals surface area contributed by atoms with Gasteiger partial charge in [0.25, 0.3) is 0 Å². The first kappa shape index (κ1) is 12.3. The van der Waals surface area contributed by atoms with E-state index in [1.807, 2.05) is 18.2 Å². The number of nitrogens with one attached hydrogen (secondary N) is 2. The fraction of sp³-hybridized carbons (Fsp3) is 0.533. The Morgan fingerprint density at radius 1 is 1.32 bits per heavy atom. The molecule has 102 valence electrons. The third-order valence-electron chi connectivity index (χ3n) is 4.21. The summed E-state index contributed by atoms with van der Waals surface area (Å²) >= 11 is 0. The summed E-state index contributed by atoms with van der Waals surface area (Å²) in [5.41, 5.74) is 2.44. The van der Waals surface area contributed by atoms with Gasteiger partial charge < -0.3 is 9.73 Å². The molecule has 3 rings (SSSR count). The monoisotopic (exact) mass is 260 g/mol. The van der Waals surface area contributed by atoms with Gasteiger partial charge in [-0.1, -0.05) is 13.3 Å². The molecule has 0 bridgehead atoms. The molecule has 1 aliphatic carbocycles.